The second-order valence-electron chi connectivity index (χ2n) is 6.50. The maximum absolute atomic E-state index is 12.1. The third-order valence-electron chi connectivity index (χ3n) is 3.64. The summed E-state index contributed by atoms with van der Waals surface area (Å²) in [7, 11) is -0.284. The third-order valence-corrected chi connectivity index (χ3v) is 4.97. The van der Waals surface area contributed by atoms with E-state index in [1.165, 1.54) is 6.20 Å². The molecule has 0 aliphatic rings. The molecular formula is C14H28ClN5O3S. The highest BCUT2D eigenvalue weighted by Crippen LogP contribution is 2.14. The lowest BCUT2D eigenvalue weighted by molar-refractivity contribution is -0.130. The van der Waals surface area contributed by atoms with Crippen molar-refractivity contribution in [2.75, 3.05) is 26.7 Å². The van der Waals surface area contributed by atoms with Crippen LogP contribution >= 0.6 is 12.4 Å². The van der Waals surface area contributed by atoms with Crippen LogP contribution < -0.4 is 10.5 Å². The molecule has 0 saturated carbocycles. The molecule has 0 radical (unpaired) electrons. The number of halogens is 1. The van der Waals surface area contributed by atoms with Gasteiger partial charge in [-0.25, -0.2) is 18.1 Å². The summed E-state index contributed by atoms with van der Waals surface area (Å²) < 4.78 is 28.2. The summed E-state index contributed by atoms with van der Waals surface area (Å²) in [6.07, 6.45) is 1.53. The quantitative estimate of drug-likeness (QED) is 0.671. The molecule has 1 amide bonds. The molecule has 0 aliphatic carbocycles. The van der Waals surface area contributed by atoms with Gasteiger partial charge in [-0.05, 0) is 18.9 Å². The Labute approximate surface area is 150 Å². The van der Waals surface area contributed by atoms with Crippen LogP contribution in [0.25, 0.3) is 0 Å². The van der Waals surface area contributed by atoms with Crippen molar-refractivity contribution in [1.29, 1.82) is 0 Å². The fourth-order valence-corrected chi connectivity index (χ4v) is 3.08. The Morgan fingerprint density at radius 1 is 1.46 bits per heavy atom. The van der Waals surface area contributed by atoms with E-state index in [2.05, 4.69) is 9.71 Å². The molecule has 24 heavy (non-hydrogen) atoms. The van der Waals surface area contributed by atoms with Crippen molar-refractivity contribution in [3.63, 3.8) is 0 Å². The average Bonchev–Trinajstić information content (AvgIpc) is 2.78. The molecule has 0 unspecified atom stereocenters. The minimum Gasteiger partial charge on any atom is -0.345 e. The molecule has 1 aromatic rings. The van der Waals surface area contributed by atoms with Crippen molar-refractivity contribution in [1.82, 2.24) is 19.2 Å². The summed E-state index contributed by atoms with van der Waals surface area (Å²) in [5.74, 6) is 0.469. The van der Waals surface area contributed by atoms with Gasteiger partial charge in [0, 0.05) is 39.8 Å². The molecule has 0 aromatic carbocycles. The first kappa shape index (κ1) is 22.8. The molecule has 1 aromatic heterocycles. The van der Waals surface area contributed by atoms with Crippen LogP contribution in [0.4, 0.5) is 0 Å². The molecule has 1 heterocycles. The Kier molecular flexibility index (Phi) is 8.37. The Morgan fingerprint density at radius 2 is 2.04 bits per heavy atom. The average molecular weight is 382 g/mol. The van der Waals surface area contributed by atoms with Crippen LogP contribution in [-0.4, -0.2) is 55.5 Å². The number of nitrogens with two attached hydrogens (primary N) is 1. The van der Waals surface area contributed by atoms with Gasteiger partial charge in [0.1, 0.15) is 5.82 Å². The molecule has 0 aliphatic heterocycles. The van der Waals surface area contributed by atoms with Gasteiger partial charge in [0.2, 0.25) is 5.91 Å². The highest BCUT2D eigenvalue weighted by molar-refractivity contribution is 7.89. The second kappa shape index (κ2) is 8.80. The molecule has 1 rings (SSSR count). The highest BCUT2D eigenvalue weighted by atomic mass is 35.5. The molecular weight excluding hydrogens is 354 g/mol. The number of hydrogen-bond donors (Lipinski definition) is 2. The first-order valence-corrected chi connectivity index (χ1v) is 8.90. The summed E-state index contributed by atoms with van der Waals surface area (Å²) in [6.45, 7) is 6.69. The monoisotopic (exact) mass is 381 g/mol. The van der Waals surface area contributed by atoms with Crippen LogP contribution in [0.3, 0.4) is 0 Å². The van der Waals surface area contributed by atoms with E-state index < -0.39 is 10.0 Å². The fraction of sp³-hybridized carbons (Fsp3) is 0.714. The Bertz CT molecular complexity index is 638. The zero-order valence-corrected chi connectivity index (χ0v) is 16.5. The number of amides is 1. The number of sulfonamides is 1. The minimum atomic E-state index is -3.70. The molecule has 8 nitrogen and oxygen atoms in total. The standard InChI is InChI=1S/C14H27N5O3S.ClH/c1-11-17-12(8-18(11)4)23(21,22)16-7-6-13(20)19(5)10-14(2,3)9-15;/h8,16H,6-7,9-10,15H2,1-5H3;1H. The van der Waals surface area contributed by atoms with E-state index in [9.17, 15) is 13.2 Å². The number of carbonyl (C=O) groups excluding carboxylic acids is 1. The fourth-order valence-electron chi connectivity index (χ4n) is 2.01. The lowest BCUT2D eigenvalue weighted by Gasteiger charge is -2.29. The molecule has 0 fully saturated rings. The SMILES string of the molecule is Cc1nc(S(=O)(=O)NCCC(=O)N(C)CC(C)(C)CN)cn1C.Cl. The van der Waals surface area contributed by atoms with Crippen LogP contribution in [-0.2, 0) is 21.9 Å². The second-order valence-corrected chi connectivity index (χ2v) is 8.22. The summed E-state index contributed by atoms with van der Waals surface area (Å²) in [6, 6.07) is 0. The number of aryl methyl sites for hydroxylation is 2. The smallest absolute Gasteiger partial charge is 0.259 e. The van der Waals surface area contributed by atoms with Crippen molar-refractivity contribution >= 4 is 28.3 Å². The van der Waals surface area contributed by atoms with Crippen molar-refractivity contribution in [3.05, 3.63) is 12.0 Å². The molecule has 10 heteroatoms. The normalized spacial score (nSPS) is 11.9. The number of nitrogens with one attached hydrogen (secondary N) is 1. The van der Waals surface area contributed by atoms with Crippen LogP contribution in [0.15, 0.2) is 11.2 Å². The number of rotatable bonds is 8. The van der Waals surface area contributed by atoms with Gasteiger partial charge in [-0.1, -0.05) is 13.8 Å². The van der Waals surface area contributed by atoms with E-state index in [0.29, 0.717) is 18.9 Å². The lowest BCUT2D eigenvalue weighted by atomic mass is 9.93. The Morgan fingerprint density at radius 3 is 2.50 bits per heavy atom. The largest absolute Gasteiger partial charge is 0.345 e. The number of imidazole rings is 1. The maximum Gasteiger partial charge on any atom is 0.259 e. The molecule has 3 N–H and O–H groups in total. The first-order valence-electron chi connectivity index (χ1n) is 7.42. The van der Waals surface area contributed by atoms with Gasteiger partial charge < -0.3 is 15.2 Å². The van der Waals surface area contributed by atoms with E-state index in [4.69, 9.17) is 5.73 Å². The minimum absolute atomic E-state index is 0. The number of nitrogens with zero attached hydrogens (tertiary/aromatic N) is 3. The van der Waals surface area contributed by atoms with Gasteiger partial charge in [-0.15, -0.1) is 12.4 Å². The lowest BCUT2D eigenvalue weighted by Crippen LogP contribution is -2.40. The highest BCUT2D eigenvalue weighted by Gasteiger charge is 2.22. The third kappa shape index (κ3) is 6.39. The molecule has 0 saturated heterocycles. The summed E-state index contributed by atoms with van der Waals surface area (Å²) in [5, 5.41) is -0.0393. The van der Waals surface area contributed by atoms with Crippen LogP contribution in [0.5, 0.6) is 0 Å². The first-order chi connectivity index (χ1) is 10.5. The number of aromatic nitrogens is 2. The van der Waals surface area contributed by atoms with E-state index in [1.807, 2.05) is 13.8 Å². The van der Waals surface area contributed by atoms with E-state index in [0.717, 1.165) is 0 Å². The van der Waals surface area contributed by atoms with Gasteiger partial charge in [0.25, 0.3) is 10.0 Å². The van der Waals surface area contributed by atoms with Crippen LogP contribution in [0.1, 0.15) is 26.1 Å². The molecule has 0 atom stereocenters. The molecule has 0 bridgehead atoms. The Balaban J connectivity index is 0.00000529. The maximum atomic E-state index is 12.1. The van der Waals surface area contributed by atoms with Gasteiger partial charge in [0.05, 0.1) is 0 Å². The van der Waals surface area contributed by atoms with Crippen molar-refractivity contribution < 1.29 is 13.2 Å². The Hall–Kier alpha value is -1.16. The summed E-state index contributed by atoms with van der Waals surface area (Å²) >= 11 is 0. The number of hydrogen-bond acceptors (Lipinski definition) is 5. The van der Waals surface area contributed by atoms with Crippen molar-refractivity contribution in [2.24, 2.45) is 18.2 Å². The van der Waals surface area contributed by atoms with E-state index >= 15 is 0 Å². The van der Waals surface area contributed by atoms with Crippen LogP contribution in [0, 0.1) is 12.3 Å². The van der Waals surface area contributed by atoms with E-state index in [1.54, 1.807) is 30.5 Å². The van der Waals surface area contributed by atoms with Crippen LogP contribution in [0.2, 0.25) is 0 Å². The van der Waals surface area contributed by atoms with Gasteiger partial charge in [0.15, 0.2) is 5.03 Å². The van der Waals surface area contributed by atoms with Gasteiger partial charge in [-0.3, -0.25) is 4.79 Å². The molecule has 140 valence electrons. The summed E-state index contributed by atoms with van der Waals surface area (Å²) in [4.78, 5) is 17.6. The summed E-state index contributed by atoms with van der Waals surface area (Å²) in [5.41, 5.74) is 5.48. The van der Waals surface area contributed by atoms with Gasteiger partial charge >= 0.3 is 0 Å². The predicted molar refractivity (Wildman–Crippen MR) is 95.5 cm³/mol. The van der Waals surface area contributed by atoms with E-state index in [-0.39, 0.29) is 41.7 Å². The predicted octanol–water partition coefficient (Wildman–Crippen LogP) is 0.262. The van der Waals surface area contributed by atoms with Gasteiger partial charge in [-0.2, -0.15) is 0 Å². The number of carbonyl (C=O) groups is 1. The zero-order chi connectivity index (χ0) is 17.8. The van der Waals surface area contributed by atoms with Crippen molar-refractivity contribution in [2.45, 2.75) is 32.2 Å². The zero-order valence-electron chi connectivity index (χ0n) is 14.9. The van der Waals surface area contributed by atoms with Crippen molar-refractivity contribution in [3.8, 4) is 0 Å². The topological polar surface area (TPSA) is 110 Å². The molecule has 0 spiro atoms.